The smallest absolute Gasteiger partial charge is 0.232 e. The number of hydrogen-bond acceptors (Lipinski definition) is 5. The van der Waals surface area contributed by atoms with Crippen LogP contribution in [0.1, 0.15) is 22.9 Å². The molecule has 0 aliphatic carbocycles. The minimum atomic E-state index is -0.117. The van der Waals surface area contributed by atoms with Gasteiger partial charge in [-0.25, -0.2) is 4.98 Å². The first-order valence-electron chi connectivity index (χ1n) is 7.10. The molecule has 0 aliphatic rings. The molecule has 6 heteroatoms. The van der Waals surface area contributed by atoms with E-state index in [2.05, 4.69) is 10.3 Å². The van der Waals surface area contributed by atoms with E-state index in [1.54, 1.807) is 12.1 Å². The van der Waals surface area contributed by atoms with Crippen LogP contribution in [0.4, 0.5) is 0 Å². The minimum absolute atomic E-state index is 0.0573. The van der Waals surface area contributed by atoms with Gasteiger partial charge in [-0.3, -0.25) is 4.79 Å². The van der Waals surface area contributed by atoms with Gasteiger partial charge in [-0.15, -0.1) is 0 Å². The number of ether oxygens (including phenoxy) is 1. The highest BCUT2D eigenvalue weighted by Crippen LogP contribution is 2.15. The van der Waals surface area contributed by atoms with Gasteiger partial charge in [0.1, 0.15) is 11.5 Å². The second-order valence-electron chi connectivity index (χ2n) is 4.93. The van der Waals surface area contributed by atoms with E-state index in [0.29, 0.717) is 11.6 Å². The Morgan fingerprint density at radius 1 is 1.32 bits per heavy atom. The molecule has 118 valence electrons. The summed E-state index contributed by atoms with van der Waals surface area (Å²) in [5, 5.41) is 11.3. The Morgan fingerprint density at radius 3 is 2.64 bits per heavy atom. The van der Waals surface area contributed by atoms with Crippen LogP contribution in [-0.2, 0) is 17.8 Å². The van der Waals surface area contributed by atoms with Crippen molar-refractivity contribution in [2.75, 3.05) is 13.2 Å². The van der Waals surface area contributed by atoms with E-state index in [-0.39, 0.29) is 32.1 Å². The molecule has 0 atom stereocenters. The molecule has 0 spiro atoms. The van der Waals surface area contributed by atoms with Crippen LogP contribution in [0.25, 0.3) is 0 Å². The van der Waals surface area contributed by atoms with Crippen LogP contribution in [0.5, 0.6) is 5.75 Å². The quantitative estimate of drug-likeness (QED) is 0.810. The lowest BCUT2D eigenvalue weighted by Crippen LogP contribution is -2.27. The van der Waals surface area contributed by atoms with Crippen LogP contribution in [0.3, 0.4) is 0 Å². The Hall–Kier alpha value is -2.34. The molecule has 1 amide bonds. The van der Waals surface area contributed by atoms with E-state index >= 15 is 0 Å². The maximum absolute atomic E-state index is 11.5. The van der Waals surface area contributed by atoms with Gasteiger partial charge >= 0.3 is 0 Å². The third-order valence-corrected chi connectivity index (χ3v) is 3.16. The van der Waals surface area contributed by atoms with Crippen molar-refractivity contribution in [1.82, 2.24) is 10.3 Å². The number of aryl methyl sites for hydroxylation is 2. The molecule has 0 saturated carbocycles. The van der Waals surface area contributed by atoms with Gasteiger partial charge in [0.15, 0.2) is 6.61 Å². The summed E-state index contributed by atoms with van der Waals surface area (Å²) in [5.41, 5.74) is 1.74. The fourth-order valence-corrected chi connectivity index (χ4v) is 1.89. The monoisotopic (exact) mass is 304 g/mol. The van der Waals surface area contributed by atoms with Crippen molar-refractivity contribution in [3.63, 3.8) is 0 Å². The van der Waals surface area contributed by atoms with Crippen LogP contribution < -0.4 is 10.1 Å². The lowest BCUT2D eigenvalue weighted by Gasteiger charge is -2.06. The molecule has 2 aromatic rings. The Bertz CT molecular complexity index is 600. The summed E-state index contributed by atoms with van der Waals surface area (Å²) in [6.07, 6.45) is 0.276. The summed E-state index contributed by atoms with van der Waals surface area (Å²) < 4.78 is 11.0. The number of nitrogens with one attached hydrogen (secondary N) is 1. The second-order valence-corrected chi connectivity index (χ2v) is 4.93. The van der Waals surface area contributed by atoms with Gasteiger partial charge in [0, 0.05) is 6.54 Å². The van der Waals surface area contributed by atoms with Crippen molar-refractivity contribution in [3.05, 3.63) is 47.2 Å². The Balaban J connectivity index is 1.85. The molecule has 0 bridgehead atoms. The average Bonchev–Trinajstić information content (AvgIpc) is 2.83. The van der Waals surface area contributed by atoms with E-state index in [1.165, 1.54) is 0 Å². The predicted molar refractivity (Wildman–Crippen MR) is 80.6 cm³/mol. The summed E-state index contributed by atoms with van der Waals surface area (Å²) in [6, 6.07) is 7.27. The highest BCUT2D eigenvalue weighted by Gasteiger charge is 2.07. The van der Waals surface area contributed by atoms with Crippen LogP contribution in [0.2, 0.25) is 0 Å². The molecule has 0 unspecified atom stereocenters. The number of nitrogens with zero attached hydrogens (tertiary/aromatic N) is 1. The zero-order chi connectivity index (χ0) is 15.9. The first-order chi connectivity index (χ1) is 10.6. The molecule has 0 radical (unpaired) electrons. The van der Waals surface area contributed by atoms with Crippen molar-refractivity contribution in [3.8, 4) is 5.75 Å². The lowest BCUT2D eigenvalue weighted by atomic mass is 10.1. The van der Waals surface area contributed by atoms with Crippen molar-refractivity contribution < 1.29 is 19.1 Å². The zero-order valence-corrected chi connectivity index (χ0v) is 12.8. The Kier molecular flexibility index (Phi) is 5.55. The average molecular weight is 304 g/mol. The molecule has 0 fully saturated rings. The summed E-state index contributed by atoms with van der Waals surface area (Å²) >= 11 is 0. The first-order valence-corrected chi connectivity index (χ1v) is 7.10. The van der Waals surface area contributed by atoms with Gasteiger partial charge in [-0.05, 0) is 31.5 Å². The first kappa shape index (κ1) is 16.0. The number of aliphatic hydroxyl groups is 1. The van der Waals surface area contributed by atoms with Crippen LogP contribution in [0.15, 0.2) is 28.7 Å². The Labute approximate surface area is 129 Å². The molecular formula is C16H20N2O4. The van der Waals surface area contributed by atoms with Gasteiger partial charge in [0.2, 0.25) is 11.8 Å². The maximum atomic E-state index is 11.5. The SMILES string of the molecule is Cc1nc(COc2ccc(CC(=O)NCCO)cc2)oc1C. The number of oxazole rings is 1. The van der Waals surface area contributed by atoms with Crippen molar-refractivity contribution >= 4 is 5.91 Å². The molecule has 1 heterocycles. The van der Waals surface area contributed by atoms with Crippen molar-refractivity contribution in [1.29, 1.82) is 0 Å². The molecule has 1 aromatic heterocycles. The van der Waals surface area contributed by atoms with Crippen LogP contribution in [-0.4, -0.2) is 29.1 Å². The lowest BCUT2D eigenvalue weighted by molar-refractivity contribution is -0.120. The van der Waals surface area contributed by atoms with Gasteiger partial charge in [-0.1, -0.05) is 12.1 Å². The molecule has 6 nitrogen and oxygen atoms in total. The van der Waals surface area contributed by atoms with Gasteiger partial charge in [0.05, 0.1) is 18.7 Å². The largest absolute Gasteiger partial charge is 0.484 e. The number of hydrogen-bond donors (Lipinski definition) is 2. The molecule has 22 heavy (non-hydrogen) atoms. The number of aromatic nitrogens is 1. The summed E-state index contributed by atoms with van der Waals surface area (Å²) in [5.74, 6) is 1.91. The number of aliphatic hydroxyl groups excluding tert-OH is 1. The highest BCUT2D eigenvalue weighted by atomic mass is 16.5. The van der Waals surface area contributed by atoms with Crippen molar-refractivity contribution in [2.45, 2.75) is 26.9 Å². The van der Waals surface area contributed by atoms with E-state index in [9.17, 15) is 4.79 Å². The molecule has 2 rings (SSSR count). The topological polar surface area (TPSA) is 84.6 Å². The maximum Gasteiger partial charge on any atom is 0.232 e. The zero-order valence-electron chi connectivity index (χ0n) is 12.8. The third-order valence-electron chi connectivity index (χ3n) is 3.16. The van der Waals surface area contributed by atoms with Gasteiger partial charge < -0.3 is 19.6 Å². The summed E-state index contributed by atoms with van der Waals surface area (Å²) in [4.78, 5) is 15.8. The van der Waals surface area contributed by atoms with Crippen LogP contribution >= 0.6 is 0 Å². The molecule has 1 aromatic carbocycles. The molecule has 2 N–H and O–H groups in total. The molecule has 0 aliphatic heterocycles. The van der Waals surface area contributed by atoms with Crippen molar-refractivity contribution in [2.24, 2.45) is 0 Å². The van der Waals surface area contributed by atoms with E-state index in [4.69, 9.17) is 14.3 Å². The number of benzene rings is 1. The van der Waals surface area contributed by atoms with Gasteiger partial charge in [0.25, 0.3) is 0 Å². The van der Waals surface area contributed by atoms with Gasteiger partial charge in [-0.2, -0.15) is 0 Å². The Morgan fingerprint density at radius 2 is 2.05 bits per heavy atom. The third kappa shape index (κ3) is 4.60. The number of rotatable bonds is 7. The summed E-state index contributed by atoms with van der Waals surface area (Å²) in [6.45, 7) is 4.24. The van der Waals surface area contributed by atoms with E-state index in [0.717, 1.165) is 17.0 Å². The normalized spacial score (nSPS) is 10.5. The number of carbonyl (C=O) groups excluding carboxylic acids is 1. The second kappa shape index (κ2) is 7.61. The minimum Gasteiger partial charge on any atom is -0.484 e. The van der Waals surface area contributed by atoms with E-state index in [1.807, 2.05) is 26.0 Å². The number of carbonyl (C=O) groups is 1. The molecular weight excluding hydrogens is 284 g/mol. The fraction of sp³-hybridized carbons (Fsp3) is 0.375. The van der Waals surface area contributed by atoms with E-state index < -0.39 is 0 Å². The number of amides is 1. The predicted octanol–water partition coefficient (Wildman–Crippen LogP) is 1.52. The standard InChI is InChI=1S/C16H20N2O4/c1-11-12(2)22-16(18-11)10-21-14-5-3-13(4-6-14)9-15(20)17-7-8-19/h3-6,19H,7-10H2,1-2H3,(H,17,20). The molecule has 0 saturated heterocycles. The fourth-order valence-electron chi connectivity index (χ4n) is 1.89. The highest BCUT2D eigenvalue weighted by molar-refractivity contribution is 5.78. The summed E-state index contributed by atoms with van der Waals surface area (Å²) in [7, 11) is 0. The van der Waals surface area contributed by atoms with Crippen LogP contribution in [0, 0.1) is 13.8 Å².